The molecule has 0 bridgehead atoms. The van der Waals surface area contributed by atoms with E-state index in [0.29, 0.717) is 52.6 Å². The van der Waals surface area contributed by atoms with E-state index >= 15 is 0 Å². The lowest BCUT2D eigenvalue weighted by atomic mass is 9.94. The van der Waals surface area contributed by atoms with Crippen LogP contribution in [0.5, 0.6) is 17.2 Å². The molecule has 1 amide bonds. The highest BCUT2D eigenvalue weighted by Crippen LogP contribution is 2.38. The third-order valence-electron chi connectivity index (χ3n) is 7.20. The number of carbonyl (C=O) groups excluding carboxylic acids is 1. The smallest absolute Gasteiger partial charge is 0.255 e. The molecule has 9 nitrogen and oxygen atoms in total. The summed E-state index contributed by atoms with van der Waals surface area (Å²) in [5.41, 5.74) is 4.38. The minimum absolute atomic E-state index is 0.292. The van der Waals surface area contributed by atoms with Crippen molar-refractivity contribution >= 4 is 17.5 Å². The number of rotatable bonds is 9. The van der Waals surface area contributed by atoms with E-state index in [-0.39, 0.29) is 5.91 Å². The van der Waals surface area contributed by atoms with E-state index in [4.69, 9.17) is 24.3 Å². The summed E-state index contributed by atoms with van der Waals surface area (Å²) in [5.74, 6) is 2.67. The predicted octanol–water partition coefficient (Wildman–Crippen LogP) is 6.47. The molecule has 216 valence electrons. The Labute approximate surface area is 249 Å². The van der Waals surface area contributed by atoms with Crippen LogP contribution in [0.3, 0.4) is 0 Å². The van der Waals surface area contributed by atoms with E-state index in [9.17, 15) is 4.79 Å². The van der Waals surface area contributed by atoms with Gasteiger partial charge in [0.2, 0.25) is 5.95 Å². The molecule has 0 fully saturated rings. The highest BCUT2D eigenvalue weighted by molar-refractivity contribution is 6.06. The molecule has 0 radical (unpaired) electrons. The van der Waals surface area contributed by atoms with E-state index < -0.39 is 6.04 Å². The van der Waals surface area contributed by atoms with Crippen LogP contribution in [0.2, 0.25) is 0 Å². The zero-order valence-corrected chi connectivity index (χ0v) is 24.1. The quantitative estimate of drug-likeness (QED) is 0.209. The molecule has 2 heterocycles. The molecule has 0 spiro atoms. The molecule has 5 aromatic rings. The summed E-state index contributed by atoms with van der Waals surface area (Å²) < 4.78 is 18.8. The zero-order valence-electron chi connectivity index (χ0n) is 24.1. The van der Waals surface area contributed by atoms with E-state index in [0.717, 1.165) is 16.7 Å². The van der Waals surface area contributed by atoms with Gasteiger partial charge in [-0.1, -0.05) is 66.7 Å². The van der Waals surface area contributed by atoms with Crippen molar-refractivity contribution in [2.24, 2.45) is 0 Å². The van der Waals surface area contributed by atoms with Gasteiger partial charge in [0.15, 0.2) is 5.82 Å². The first-order chi connectivity index (χ1) is 21.0. The van der Waals surface area contributed by atoms with Gasteiger partial charge in [0.25, 0.3) is 5.91 Å². The Balaban J connectivity index is 1.41. The van der Waals surface area contributed by atoms with Crippen LogP contribution in [0.15, 0.2) is 114 Å². The van der Waals surface area contributed by atoms with E-state index in [1.54, 1.807) is 31.0 Å². The number of nitrogens with zero attached hydrogens (tertiary/aromatic N) is 3. The van der Waals surface area contributed by atoms with Crippen molar-refractivity contribution in [1.29, 1.82) is 0 Å². The molecule has 0 saturated carbocycles. The van der Waals surface area contributed by atoms with Crippen LogP contribution in [0.4, 0.5) is 11.6 Å². The van der Waals surface area contributed by atoms with Crippen LogP contribution in [-0.2, 0) is 11.4 Å². The number of para-hydroxylation sites is 2. The van der Waals surface area contributed by atoms with Gasteiger partial charge in [-0.05, 0) is 54.4 Å². The Kier molecular flexibility index (Phi) is 7.78. The number of hydrogen-bond donors (Lipinski definition) is 2. The van der Waals surface area contributed by atoms with Crippen molar-refractivity contribution in [2.45, 2.75) is 19.6 Å². The highest BCUT2D eigenvalue weighted by Gasteiger charge is 2.35. The summed E-state index contributed by atoms with van der Waals surface area (Å²) >= 11 is 0. The number of nitrogens with one attached hydrogen (secondary N) is 2. The molecule has 4 aromatic carbocycles. The lowest BCUT2D eigenvalue weighted by Gasteiger charge is -2.29. The SMILES string of the molecule is COc1cccc(-c2nc3n(n2)C(c2cccc(OCc4ccccc4)c2)C(C(=O)Nc2ccccc2OC)=C(C)N3)c1. The fourth-order valence-corrected chi connectivity index (χ4v) is 5.09. The van der Waals surface area contributed by atoms with Crippen LogP contribution < -0.4 is 24.8 Å². The topological polar surface area (TPSA) is 99.5 Å². The van der Waals surface area contributed by atoms with E-state index in [2.05, 4.69) is 10.6 Å². The summed E-state index contributed by atoms with van der Waals surface area (Å²) in [4.78, 5) is 18.8. The van der Waals surface area contributed by atoms with Gasteiger partial charge in [0.1, 0.15) is 29.9 Å². The van der Waals surface area contributed by atoms with E-state index in [1.165, 1.54) is 0 Å². The van der Waals surface area contributed by atoms with Crippen LogP contribution >= 0.6 is 0 Å². The molecular weight excluding hydrogens is 542 g/mol. The third kappa shape index (κ3) is 5.78. The van der Waals surface area contributed by atoms with Crippen molar-refractivity contribution in [3.63, 3.8) is 0 Å². The second-order valence-corrected chi connectivity index (χ2v) is 10.0. The van der Waals surface area contributed by atoms with Gasteiger partial charge in [0.05, 0.1) is 25.5 Å². The summed E-state index contributed by atoms with van der Waals surface area (Å²) in [6.45, 7) is 2.28. The molecule has 0 aliphatic carbocycles. The number of benzene rings is 4. The molecular formula is C34H31N5O4. The monoisotopic (exact) mass is 573 g/mol. The number of anilines is 2. The average Bonchev–Trinajstić information content (AvgIpc) is 3.47. The largest absolute Gasteiger partial charge is 0.497 e. The molecule has 0 saturated heterocycles. The highest BCUT2D eigenvalue weighted by atomic mass is 16.5. The van der Waals surface area contributed by atoms with Crippen molar-refractivity contribution < 1.29 is 19.0 Å². The number of hydrogen-bond acceptors (Lipinski definition) is 7. The number of amides is 1. The first-order valence-electron chi connectivity index (χ1n) is 13.8. The lowest BCUT2D eigenvalue weighted by Crippen LogP contribution is -2.31. The maximum atomic E-state index is 14.0. The molecule has 43 heavy (non-hydrogen) atoms. The van der Waals surface area contributed by atoms with Crippen LogP contribution in [0.25, 0.3) is 11.4 Å². The van der Waals surface area contributed by atoms with Crippen molar-refractivity contribution in [2.75, 3.05) is 24.9 Å². The fourth-order valence-electron chi connectivity index (χ4n) is 5.09. The maximum absolute atomic E-state index is 14.0. The number of ether oxygens (including phenoxy) is 3. The normalized spacial score (nSPS) is 14.0. The van der Waals surface area contributed by atoms with Gasteiger partial charge in [0, 0.05) is 11.3 Å². The van der Waals surface area contributed by atoms with Gasteiger partial charge in [-0.2, -0.15) is 4.98 Å². The summed E-state index contributed by atoms with van der Waals surface area (Å²) in [5, 5.41) is 11.2. The van der Waals surface area contributed by atoms with Gasteiger partial charge in [-0.3, -0.25) is 4.79 Å². The second kappa shape index (κ2) is 12.1. The first kappa shape index (κ1) is 27.6. The maximum Gasteiger partial charge on any atom is 0.255 e. The summed E-state index contributed by atoms with van der Waals surface area (Å²) in [6.07, 6.45) is 0. The molecule has 6 rings (SSSR count). The first-order valence-corrected chi connectivity index (χ1v) is 13.8. The molecule has 1 aliphatic rings. The number of allylic oxidation sites excluding steroid dienone is 1. The minimum atomic E-state index is -0.599. The number of methoxy groups -OCH3 is 2. The molecule has 1 aromatic heterocycles. The second-order valence-electron chi connectivity index (χ2n) is 10.0. The molecule has 2 N–H and O–H groups in total. The van der Waals surface area contributed by atoms with Crippen LogP contribution in [0, 0.1) is 0 Å². The predicted molar refractivity (Wildman–Crippen MR) is 165 cm³/mol. The van der Waals surface area contributed by atoms with Crippen molar-refractivity contribution in [1.82, 2.24) is 14.8 Å². The molecule has 9 heteroatoms. The van der Waals surface area contributed by atoms with Crippen molar-refractivity contribution in [3.05, 3.63) is 126 Å². The third-order valence-corrected chi connectivity index (χ3v) is 7.20. The zero-order chi connectivity index (χ0) is 29.8. The molecule has 1 atom stereocenters. The molecule has 1 unspecified atom stereocenters. The standard InChI is InChI=1S/C34H31N5O4/c1-22-30(33(40)36-28-17-7-8-18-29(28)42-3)31(24-13-9-16-27(19-24)43-21-23-11-5-4-6-12-23)39-34(35-22)37-32(38-39)25-14-10-15-26(20-25)41-2/h4-20,31H,21H2,1-3H3,(H,36,40)(H,35,37,38). The van der Waals surface area contributed by atoms with Crippen LogP contribution in [0.1, 0.15) is 24.1 Å². The number of aromatic nitrogens is 3. The van der Waals surface area contributed by atoms with E-state index in [1.807, 2.05) is 97.9 Å². The summed E-state index contributed by atoms with van der Waals surface area (Å²) in [7, 11) is 3.19. The average molecular weight is 574 g/mol. The van der Waals surface area contributed by atoms with Gasteiger partial charge >= 0.3 is 0 Å². The van der Waals surface area contributed by atoms with Gasteiger partial charge in [-0.15, -0.1) is 5.10 Å². The van der Waals surface area contributed by atoms with Gasteiger partial charge < -0.3 is 24.8 Å². The minimum Gasteiger partial charge on any atom is -0.497 e. The number of carbonyl (C=O) groups is 1. The lowest BCUT2D eigenvalue weighted by molar-refractivity contribution is -0.113. The number of fused-ring (bicyclic) bond motifs is 1. The Hall–Kier alpha value is -5.57. The van der Waals surface area contributed by atoms with Crippen molar-refractivity contribution in [3.8, 4) is 28.6 Å². The Morgan fingerprint density at radius 2 is 1.65 bits per heavy atom. The Morgan fingerprint density at radius 1 is 0.884 bits per heavy atom. The Bertz CT molecular complexity index is 1800. The van der Waals surface area contributed by atoms with Gasteiger partial charge in [-0.25, -0.2) is 4.68 Å². The summed E-state index contributed by atoms with van der Waals surface area (Å²) in [6, 6.07) is 32.0. The van der Waals surface area contributed by atoms with Crippen LogP contribution in [-0.4, -0.2) is 34.9 Å². The fraction of sp³-hybridized carbons (Fsp3) is 0.147. The Morgan fingerprint density at radius 3 is 2.47 bits per heavy atom. The molecule has 1 aliphatic heterocycles.